The van der Waals surface area contributed by atoms with Crippen molar-refractivity contribution >= 4 is 28.9 Å². The predicted octanol–water partition coefficient (Wildman–Crippen LogP) is 4.28. The first-order chi connectivity index (χ1) is 13.2. The minimum absolute atomic E-state index is 0.150. The van der Waals surface area contributed by atoms with Crippen LogP contribution in [0, 0.1) is 5.82 Å². The lowest BCUT2D eigenvalue weighted by molar-refractivity contribution is -0.137. The second-order valence-electron chi connectivity index (χ2n) is 6.12. The van der Waals surface area contributed by atoms with Crippen LogP contribution in [0.25, 0.3) is 0 Å². The van der Waals surface area contributed by atoms with E-state index in [9.17, 15) is 22.4 Å². The van der Waals surface area contributed by atoms with Crippen LogP contribution >= 0.6 is 12.2 Å². The van der Waals surface area contributed by atoms with Gasteiger partial charge in [-0.15, -0.1) is 0 Å². The van der Waals surface area contributed by atoms with E-state index in [2.05, 4.69) is 16.0 Å². The fraction of sp³-hybridized carbons (Fsp3) is 0.158. The van der Waals surface area contributed by atoms with Gasteiger partial charge in [0.05, 0.1) is 22.9 Å². The lowest BCUT2D eigenvalue weighted by atomic mass is 9.94. The van der Waals surface area contributed by atoms with Gasteiger partial charge in [0, 0.05) is 5.70 Å². The molecule has 3 N–H and O–H groups in total. The van der Waals surface area contributed by atoms with Crippen LogP contribution < -0.4 is 16.0 Å². The molecule has 1 unspecified atom stereocenters. The van der Waals surface area contributed by atoms with E-state index in [1.54, 1.807) is 6.92 Å². The molecule has 4 nitrogen and oxygen atoms in total. The Hall–Kier alpha value is -2.94. The molecule has 3 rings (SSSR count). The average molecular weight is 409 g/mol. The van der Waals surface area contributed by atoms with Crippen LogP contribution in [0.3, 0.4) is 0 Å². The zero-order valence-corrected chi connectivity index (χ0v) is 15.3. The van der Waals surface area contributed by atoms with Gasteiger partial charge in [-0.2, -0.15) is 13.2 Å². The molecule has 0 aliphatic carbocycles. The molecule has 0 aromatic heterocycles. The van der Waals surface area contributed by atoms with E-state index in [1.165, 1.54) is 42.5 Å². The van der Waals surface area contributed by atoms with Gasteiger partial charge in [0.25, 0.3) is 5.91 Å². The second-order valence-corrected chi connectivity index (χ2v) is 6.53. The summed E-state index contributed by atoms with van der Waals surface area (Å²) in [6.45, 7) is 1.59. The van der Waals surface area contributed by atoms with Crippen molar-refractivity contribution in [3.63, 3.8) is 0 Å². The number of para-hydroxylation sites is 1. The van der Waals surface area contributed by atoms with Crippen molar-refractivity contribution in [3.8, 4) is 0 Å². The summed E-state index contributed by atoms with van der Waals surface area (Å²) in [4.78, 5) is 12.9. The number of carbonyl (C=O) groups is 1. The van der Waals surface area contributed by atoms with Crippen molar-refractivity contribution in [1.29, 1.82) is 0 Å². The fourth-order valence-corrected chi connectivity index (χ4v) is 3.20. The molecule has 1 atom stereocenters. The number of benzene rings is 2. The second kappa shape index (κ2) is 7.59. The molecule has 0 fully saturated rings. The highest BCUT2D eigenvalue weighted by atomic mass is 32.1. The molecule has 0 radical (unpaired) electrons. The molecule has 1 amide bonds. The maximum absolute atomic E-state index is 13.3. The largest absolute Gasteiger partial charge is 0.418 e. The third-order valence-electron chi connectivity index (χ3n) is 4.20. The Balaban J connectivity index is 1.98. The summed E-state index contributed by atoms with van der Waals surface area (Å²) < 4.78 is 52.9. The Morgan fingerprint density at radius 2 is 1.75 bits per heavy atom. The minimum Gasteiger partial charge on any atom is -0.351 e. The van der Waals surface area contributed by atoms with Crippen LogP contribution in [0.1, 0.15) is 24.1 Å². The highest BCUT2D eigenvalue weighted by Crippen LogP contribution is 2.35. The number of alkyl halides is 3. The van der Waals surface area contributed by atoms with Crippen molar-refractivity contribution in [2.45, 2.75) is 19.1 Å². The number of halogens is 4. The Bertz CT molecular complexity index is 954. The highest BCUT2D eigenvalue weighted by Gasteiger charge is 2.35. The number of allylic oxidation sites excluding steroid dienone is 1. The van der Waals surface area contributed by atoms with Crippen LogP contribution in [0.15, 0.2) is 59.8 Å². The zero-order valence-electron chi connectivity index (χ0n) is 14.5. The van der Waals surface area contributed by atoms with E-state index < -0.39 is 29.5 Å². The quantitative estimate of drug-likeness (QED) is 0.523. The Morgan fingerprint density at radius 1 is 1.11 bits per heavy atom. The Morgan fingerprint density at radius 3 is 2.39 bits per heavy atom. The van der Waals surface area contributed by atoms with E-state index in [-0.39, 0.29) is 16.4 Å². The van der Waals surface area contributed by atoms with E-state index in [0.29, 0.717) is 11.3 Å². The summed E-state index contributed by atoms with van der Waals surface area (Å²) in [5.74, 6) is -1.18. The maximum atomic E-state index is 13.3. The van der Waals surface area contributed by atoms with Crippen molar-refractivity contribution in [3.05, 3.63) is 76.7 Å². The van der Waals surface area contributed by atoms with Crippen molar-refractivity contribution < 1.29 is 22.4 Å². The third kappa shape index (κ3) is 4.14. The van der Waals surface area contributed by atoms with Gasteiger partial charge in [0.2, 0.25) is 0 Å². The van der Waals surface area contributed by atoms with Crippen molar-refractivity contribution in [2.75, 3.05) is 5.32 Å². The first-order valence-electron chi connectivity index (χ1n) is 8.18. The molecule has 9 heteroatoms. The third-order valence-corrected chi connectivity index (χ3v) is 4.42. The van der Waals surface area contributed by atoms with E-state index in [0.717, 1.165) is 6.07 Å². The van der Waals surface area contributed by atoms with Crippen LogP contribution in [0.5, 0.6) is 0 Å². The van der Waals surface area contributed by atoms with Gasteiger partial charge < -0.3 is 16.0 Å². The number of nitrogens with one attached hydrogen (secondary N) is 3. The number of rotatable bonds is 3. The molecule has 0 spiro atoms. The molecule has 28 heavy (non-hydrogen) atoms. The molecule has 1 heterocycles. The standard InChI is InChI=1S/C19H15F4N3OS/c1-10-15(16(26-18(28)24-10)11-6-8-12(20)9-7-11)17(27)25-14-5-3-2-4-13(14)19(21,22)23/h2-9,16H,1H3,(H,25,27)(H2,24,26,28). The molecular formula is C19H15F4N3OS. The number of hydrogen-bond donors (Lipinski definition) is 3. The number of anilines is 1. The lowest BCUT2D eigenvalue weighted by Crippen LogP contribution is -2.45. The molecule has 146 valence electrons. The Kier molecular flexibility index (Phi) is 5.37. The highest BCUT2D eigenvalue weighted by molar-refractivity contribution is 7.80. The number of carbonyl (C=O) groups excluding carboxylic acids is 1. The topological polar surface area (TPSA) is 53.2 Å². The molecule has 1 aliphatic heterocycles. The van der Waals surface area contributed by atoms with Gasteiger partial charge >= 0.3 is 6.18 Å². The van der Waals surface area contributed by atoms with Crippen molar-refractivity contribution in [2.24, 2.45) is 0 Å². The van der Waals surface area contributed by atoms with Crippen molar-refractivity contribution in [1.82, 2.24) is 10.6 Å². The van der Waals surface area contributed by atoms with Crippen LogP contribution in [0.4, 0.5) is 23.2 Å². The summed E-state index contributed by atoms with van der Waals surface area (Å²) in [5.41, 5.74) is -0.227. The van der Waals surface area contributed by atoms with E-state index >= 15 is 0 Å². The van der Waals surface area contributed by atoms with Gasteiger partial charge in [-0.25, -0.2) is 4.39 Å². The normalized spacial score (nSPS) is 17.0. The van der Waals surface area contributed by atoms with Gasteiger partial charge in [-0.1, -0.05) is 24.3 Å². The summed E-state index contributed by atoms with van der Waals surface area (Å²) in [7, 11) is 0. The van der Waals surface area contributed by atoms with E-state index in [1.807, 2.05) is 0 Å². The summed E-state index contributed by atoms with van der Waals surface area (Å²) >= 11 is 5.11. The minimum atomic E-state index is -4.62. The number of amides is 1. The summed E-state index contributed by atoms with van der Waals surface area (Å²) in [6, 6.07) is 9.38. The van der Waals surface area contributed by atoms with Gasteiger partial charge in [0.1, 0.15) is 5.82 Å². The predicted molar refractivity (Wildman–Crippen MR) is 101 cm³/mol. The maximum Gasteiger partial charge on any atom is 0.418 e. The van der Waals surface area contributed by atoms with Gasteiger partial charge in [0.15, 0.2) is 5.11 Å². The molecule has 0 saturated heterocycles. The molecule has 0 saturated carbocycles. The molecule has 2 aromatic carbocycles. The lowest BCUT2D eigenvalue weighted by Gasteiger charge is -2.30. The first-order valence-corrected chi connectivity index (χ1v) is 8.59. The average Bonchev–Trinajstić information content (AvgIpc) is 2.61. The Labute approximate surface area is 163 Å². The summed E-state index contributed by atoms with van der Waals surface area (Å²) in [5, 5.41) is 8.27. The molecule has 2 aromatic rings. The number of hydrogen-bond acceptors (Lipinski definition) is 2. The van der Waals surface area contributed by atoms with Gasteiger partial charge in [-0.05, 0) is 49.0 Å². The zero-order chi connectivity index (χ0) is 20.5. The van der Waals surface area contributed by atoms with Crippen LogP contribution in [-0.2, 0) is 11.0 Å². The first kappa shape index (κ1) is 19.8. The van der Waals surface area contributed by atoms with Crippen LogP contribution in [0.2, 0.25) is 0 Å². The van der Waals surface area contributed by atoms with Crippen LogP contribution in [-0.4, -0.2) is 11.0 Å². The smallest absolute Gasteiger partial charge is 0.351 e. The number of thiocarbonyl (C=S) groups is 1. The van der Waals surface area contributed by atoms with Gasteiger partial charge in [-0.3, -0.25) is 4.79 Å². The molecule has 1 aliphatic rings. The molecular weight excluding hydrogens is 394 g/mol. The monoisotopic (exact) mass is 409 g/mol. The van der Waals surface area contributed by atoms with E-state index in [4.69, 9.17) is 12.2 Å². The SMILES string of the molecule is CC1=C(C(=O)Nc2ccccc2C(F)(F)F)C(c2ccc(F)cc2)NC(=S)N1. The summed E-state index contributed by atoms with van der Waals surface area (Å²) in [6.07, 6.45) is -4.62. The fourth-order valence-electron chi connectivity index (χ4n) is 2.93. The molecule has 0 bridgehead atoms.